The molecule has 0 unspecified atom stereocenters. The average Bonchev–Trinajstić information content (AvgIpc) is 3.14. The molecule has 0 aromatic heterocycles. The number of hydrogen-bond donors (Lipinski definition) is 2. The number of aryl methyl sites for hydroxylation is 1. The van der Waals surface area contributed by atoms with E-state index in [4.69, 9.17) is 14.2 Å². The zero-order chi connectivity index (χ0) is 20.8. The van der Waals surface area contributed by atoms with Crippen molar-refractivity contribution in [1.82, 2.24) is 10.6 Å². The van der Waals surface area contributed by atoms with Gasteiger partial charge in [-0.05, 0) is 36.2 Å². The van der Waals surface area contributed by atoms with Crippen LogP contribution in [0, 0.1) is 6.92 Å². The molecule has 0 aliphatic carbocycles. The van der Waals surface area contributed by atoms with Crippen molar-refractivity contribution in [2.24, 2.45) is 4.99 Å². The minimum atomic E-state index is -2.94. The van der Waals surface area contributed by atoms with Crippen molar-refractivity contribution >= 4 is 29.9 Å². The molecule has 0 radical (unpaired) electrons. The summed E-state index contributed by atoms with van der Waals surface area (Å²) in [5.74, 6) is 2.17. The number of ether oxygens (including phenoxy) is 4. The van der Waals surface area contributed by atoms with Gasteiger partial charge in [0, 0.05) is 31.8 Å². The number of aliphatic imine (C=N–C) groups is 1. The van der Waals surface area contributed by atoms with Gasteiger partial charge in [0.05, 0.1) is 7.11 Å². The Morgan fingerprint density at radius 2 is 1.80 bits per heavy atom. The third-order valence-corrected chi connectivity index (χ3v) is 4.25. The maximum absolute atomic E-state index is 12.8. The van der Waals surface area contributed by atoms with E-state index in [2.05, 4.69) is 20.4 Å². The lowest BCUT2D eigenvalue weighted by Gasteiger charge is -2.15. The quantitative estimate of drug-likeness (QED) is 0.319. The monoisotopic (exact) mass is 535 g/mol. The smallest absolute Gasteiger partial charge is 0.387 e. The Morgan fingerprint density at radius 3 is 2.47 bits per heavy atom. The van der Waals surface area contributed by atoms with E-state index in [1.807, 2.05) is 25.1 Å². The van der Waals surface area contributed by atoms with Crippen LogP contribution in [0.1, 0.15) is 16.7 Å². The van der Waals surface area contributed by atoms with E-state index < -0.39 is 6.61 Å². The number of alkyl halides is 2. The Kier molecular flexibility index (Phi) is 8.75. The fourth-order valence-electron chi connectivity index (χ4n) is 2.94. The van der Waals surface area contributed by atoms with Crippen LogP contribution in [0.15, 0.2) is 35.3 Å². The molecular weight excluding hydrogens is 511 g/mol. The summed E-state index contributed by atoms with van der Waals surface area (Å²) in [4.78, 5) is 4.16. The van der Waals surface area contributed by atoms with Crippen molar-refractivity contribution in [1.29, 1.82) is 0 Å². The molecule has 3 rings (SSSR count). The summed E-state index contributed by atoms with van der Waals surface area (Å²) < 4.78 is 46.0. The number of halogens is 3. The molecule has 0 spiro atoms. The SMILES string of the molecule is CN=C(NCc1cc(C)cc(OC)c1)NCc1cc2c(cc1OC(F)F)OCO2.I. The van der Waals surface area contributed by atoms with Gasteiger partial charge >= 0.3 is 6.61 Å². The number of methoxy groups -OCH3 is 1. The maximum Gasteiger partial charge on any atom is 0.387 e. The van der Waals surface area contributed by atoms with E-state index in [0.717, 1.165) is 16.9 Å². The highest BCUT2D eigenvalue weighted by Crippen LogP contribution is 2.38. The highest BCUT2D eigenvalue weighted by molar-refractivity contribution is 14.0. The molecule has 0 amide bonds. The molecule has 0 saturated carbocycles. The van der Waals surface area contributed by atoms with Crippen LogP contribution in [-0.2, 0) is 13.1 Å². The number of rotatable bonds is 7. The van der Waals surface area contributed by atoms with Gasteiger partial charge in [-0.2, -0.15) is 8.78 Å². The van der Waals surface area contributed by atoms with Crippen LogP contribution in [-0.4, -0.2) is 33.5 Å². The second-order valence-corrected chi connectivity index (χ2v) is 6.33. The predicted octanol–water partition coefficient (Wildman–Crippen LogP) is 3.82. The van der Waals surface area contributed by atoms with Crippen molar-refractivity contribution in [3.05, 3.63) is 47.0 Å². The first kappa shape index (κ1) is 23.8. The molecule has 0 fully saturated rings. The average molecular weight is 535 g/mol. The predicted molar refractivity (Wildman–Crippen MR) is 119 cm³/mol. The standard InChI is InChI=1S/C20H23F2N3O4.HI/c1-12-4-13(6-15(5-12)26-3)9-24-20(23-2)25-10-14-7-17-18(28-11-27-17)8-16(14)29-19(21)22;/h4-8,19H,9-11H2,1-3H3,(H2,23,24,25);1H. The summed E-state index contributed by atoms with van der Waals surface area (Å²) in [5, 5.41) is 6.28. The van der Waals surface area contributed by atoms with Gasteiger partial charge in [-0.3, -0.25) is 4.99 Å². The summed E-state index contributed by atoms with van der Waals surface area (Å²) in [6, 6.07) is 8.93. The minimum absolute atomic E-state index is 0. The Labute approximate surface area is 190 Å². The third-order valence-electron chi connectivity index (χ3n) is 4.25. The molecule has 7 nitrogen and oxygen atoms in total. The van der Waals surface area contributed by atoms with Gasteiger partial charge in [-0.25, -0.2) is 0 Å². The van der Waals surface area contributed by atoms with E-state index in [-0.39, 0.29) is 43.1 Å². The second kappa shape index (κ2) is 11.0. The summed E-state index contributed by atoms with van der Waals surface area (Å²) >= 11 is 0. The lowest BCUT2D eigenvalue weighted by atomic mass is 10.1. The largest absolute Gasteiger partial charge is 0.497 e. The molecular formula is C20H24F2IN3O4. The molecule has 1 aliphatic heterocycles. The van der Waals surface area contributed by atoms with Crippen molar-refractivity contribution in [2.45, 2.75) is 26.6 Å². The van der Waals surface area contributed by atoms with Gasteiger partial charge in [-0.15, -0.1) is 24.0 Å². The first-order chi connectivity index (χ1) is 14.0. The molecule has 0 bridgehead atoms. The topological polar surface area (TPSA) is 73.3 Å². The number of nitrogens with zero attached hydrogens (tertiary/aromatic N) is 1. The second-order valence-electron chi connectivity index (χ2n) is 6.33. The van der Waals surface area contributed by atoms with E-state index >= 15 is 0 Å². The Morgan fingerprint density at radius 1 is 1.10 bits per heavy atom. The summed E-state index contributed by atoms with van der Waals surface area (Å²) in [7, 11) is 3.25. The van der Waals surface area contributed by atoms with Crippen molar-refractivity contribution in [2.75, 3.05) is 21.0 Å². The van der Waals surface area contributed by atoms with Gasteiger partial charge in [-0.1, -0.05) is 6.07 Å². The van der Waals surface area contributed by atoms with Crippen molar-refractivity contribution in [3.63, 3.8) is 0 Å². The minimum Gasteiger partial charge on any atom is -0.497 e. The first-order valence-corrected chi connectivity index (χ1v) is 8.95. The zero-order valence-electron chi connectivity index (χ0n) is 16.8. The molecule has 30 heavy (non-hydrogen) atoms. The summed E-state index contributed by atoms with van der Waals surface area (Å²) in [6.45, 7) is -0.190. The third kappa shape index (κ3) is 6.25. The van der Waals surface area contributed by atoms with Gasteiger partial charge in [0.2, 0.25) is 6.79 Å². The summed E-state index contributed by atoms with van der Waals surface area (Å²) in [5.41, 5.74) is 2.60. The van der Waals surface area contributed by atoms with Gasteiger partial charge in [0.1, 0.15) is 11.5 Å². The van der Waals surface area contributed by atoms with E-state index in [0.29, 0.717) is 29.6 Å². The molecule has 0 saturated heterocycles. The van der Waals surface area contributed by atoms with Gasteiger partial charge in [0.15, 0.2) is 17.5 Å². The molecule has 2 N–H and O–H groups in total. The summed E-state index contributed by atoms with van der Waals surface area (Å²) in [6.07, 6.45) is 0. The fourth-order valence-corrected chi connectivity index (χ4v) is 2.94. The van der Waals surface area contributed by atoms with E-state index in [1.165, 1.54) is 6.07 Å². The van der Waals surface area contributed by atoms with Crippen LogP contribution in [0.4, 0.5) is 8.78 Å². The molecule has 10 heteroatoms. The number of hydrogen-bond acceptors (Lipinski definition) is 5. The number of fused-ring (bicyclic) bond motifs is 1. The van der Waals surface area contributed by atoms with Crippen LogP contribution in [0.3, 0.4) is 0 Å². The van der Waals surface area contributed by atoms with Crippen LogP contribution < -0.4 is 29.6 Å². The molecule has 164 valence electrons. The Bertz CT molecular complexity index is 897. The molecule has 1 aliphatic rings. The highest BCUT2D eigenvalue weighted by Gasteiger charge is 2.20. The number of guanidine groups is 1. The lowest BCUT2D eigenvalue weighted by Crippen LogP contribution is -2.36. The Balaban J connectivity index is 0.00000320. The van der Waals surface area contributed by atoms with E-state index in [9.17, 15) is 8.78 Å². The molecule has 2 aromatic rings. The van der Waals surface area contributed by atoms with Crippen LogP contribution in [0.2, 0.25) is 0 Å². The zero-order valence-corrected chi connectivity index (χ0v) is 19.2. The van der Waals surface area contributed by atoms with Crippen molar-refractivity contribution < 1.29 is 27.7 Å². The number of benzene rings is 2. The fraction of sp³-hybridized carbons (Fsp3) is 0.350. The Hall–Kier alpha value is -2.50. The first-order valence-electron chi connectivity index (χ1n) is 8.95. The molecule has 2 aromatic carbocycles. The van der Waals surface area contributed by atoms with Crippen molar-refractivity contribution in [3.8, 4) is 23.0 Å². The van der Waals surface area contributed by atoms with E-state index in [1.54, 1.807) is 20.2 Å². The highest BCUT2D eigenvalue weighted by atomic mass is 127. The number of nitrogens with one attached hydrogen (secondary N) is 2. The van der Waals surface area contributed by atoms with Crippen LogP contribution in [0.25, 0.3) is 0 Å². The normalized spacial score (nSPS) is 12.4. The van der Waals surface area contributed by atoms with Gasteiger partial charge < -0.3 is 29.6 Å². The van der Waals surface area contributed by atoms with Crippen LogP contribution in [0.5, 0.6) is 23.0 Å². The molecule has 1 heterocycles. The van der Waals surface area contributed by atoms with Crippen LogP contribution >= 0.6 is 24.0 Å². The molecule has 0 atom stereocenters. The van der Waals surface area contributed by atoms with Gasteiger partial charge in [0.25, 0.3) is 0 Å². The maximum atomic E-state index is 12.8. The lowest BCUT2D eigenvalue weighted by molar-refractivity contribution is -0.0505.